The van der Waals surface area contributed by atoms with E-state index in [2.05, 4.69) is 5.92 Å². The van der Waals surface area contributed by atoms with Crippen LogP contribution in [0.4, 0.5) is 0 Å². The normalized spacial score (nSPS) is 13.1. The van der Waals surface area contributed by atoms with Gasteiger partial charge in [0.2, 0.25) is 0 Å². The van der Waals surface area contributed by atoms with Crippen LogP contribution in [0, 0.1) is 12.3 Å². The van der Waals surface area contributed by atoms with Gasteiger partial charge in [0, 0.05) is 6.54 Å². The van der Waals surface area contributed by atoms with Crippen molar-refractivity contribution < 1.29 is 5.11 Å². The van der Waals surface area contributed by atoms with Crippen LogP contribution in [0.5, 0.6) is 0 Å². The van der Waals surface area contributed by atoms with Crippen molar-refractivity contribution in [2.24, 2.45) is 0 Å². The van der Waals surface area contributed by atoms with E-state index in [9.17, 15) is 0 Å². The predicted molar refractivity (Wildman–Crippen MR) is 42.6 cm³/mol. The summed E-state index contributed by atoms with van der Waals surface area (Å²) in [5.41, 5.74) is 0. The molecular formula is C8H15NO. The van der Waals surface area contributed by atoms with Crippen molar-refractivity contribution in [3.63, 3.8) is 0 Å². The van der Waals surface area contributed by atoms with Gasteiger partial charge in [-0.1, -0.05) is 5.92 Å². The fourth-order valence-corrected chi connectivity index (χ4v) is 0.642. The fourth-order valence-electron chi connectivity index (χ4n) is 0.642. The minimum absolute atomic E-state index is 0.222. The molecule has 10 heavy (non-hydrogen) atoms. The molecule has 0 saturated heterocycles. The van der Waals surface area contributed by atoms with Crippen LogP contribution in [0.25, 0.3) is 0 Å². The van der Waals surface area contributed by atoms with Crippen molar-refractivity contribution in [1.29, 1.82) is 0 Å². The highest BCUT2D eigenvalue weighted by atomic mass is 16.3. The second-order valence-corrected chi connectivity index (χ2v) is 2.58. The Balaban J connectivity index is 3.23. The van der Waals surface area contributed by atoms with Crippen molar-refractivity contribution >= 4 is 0 Å². The van der Waals surface area contributed by atoms with E-state index < -0.39 is 0 Å². The molecule has 0 rings (SSSR count). The van der Waals surface area contributed by atoms with Crippen LogP contribution >= 0.6 is 0 Å². The molecule has 1 unspecified atom stereocenters. The summed E-state index contributed by atoms with van der Waals surface area (Å²) < 4.78 is 0. The van der Waals surface area contributed by atoms with E-state index in [1.165, 1.54) is 0 Å². The number of hydrogen-bond donors (Lipinski definition) is 1. The van der Waals surface area contributed by atoms with Gasteiger partial charge >= 0.3 is 0 Å². The summed E-state index contributed by atoms with van der Waals surface area (Å²) >= 11 is 0. The number of aliphatic hydroxyl groups is 1. The first-order valence-corrected chi connectivity index (χ1v) is 3.47. The van der Waals surface area contributed by atoms with Crippen molar-refractivity contribution in [2.45, 2.75) is 19.4 Å². The van der Waals surface area contributed by atoms with Gasteiger partial charge in [-0.15, -0.1) is 6.42 Å². The predicted octanol–water partition coefficient (Wildman–Crippen LogP) is 0.322. The van der Waals surface area contributed by atoms with Gasteiger partial charge < -0.3 is 5.11 Å². The van der Waals surface area contributed by atoms with Crippen molar-refractivity contribution in [2.75, 3.05) is 20.1 Å². The molecule has 0 radical (unpaired) electrons. The molecule has 0 fully saturated rings. The molecule has 0 aromatic carbocycles. The second-order valence-electron chi connectivity index (χ2n) is 2.58. The molecule has 0 bridgehead atoms. The summed E-state index contributed by atoms with van der Waals surface area (Å²) in [6.45, 7) is 3.30. The SMILES string of the molecule is C#CCN(C)CCC(C)O. The zero-order valence-electron chi connectivity index (χ0n) is 6.67. The highest BCUT2D eigenvalue weighted by Gasteiger charge is 1.98. The van der Waals surface area contributed by atoms with Crippen molar-refractivity contribution in [1.82, 2.24) is 4.90 Å². The lowest BCUT2D eigenvalue weighted by molar-refractivity contribution is 0.168. The maximum Gasteiger partial charge on any atom is 0.0596 e. The van der Waals surface area contributed by atoms with Gasteiger partial charge in [-0.2, -0.15) is 0 Å². The number of rotatable bonds is 4. The molecule has 1 N–H and O–H groups in total. The van der Waals surface area contributed by atoms with Crippen LogP contribution in [-0.2, 0) is 0 Å². The highest BCUT2D eigenvalue weighted by molar-refractivity contribution is 4.87. The molecule has 2 nitrogen and oxygen atoms in total. The smallest absolute Gasteiger partial charge is 0.0596 e. The number of nitrogens with zero attached hydrogens (tertiary/aromatic N) is 1. The fraction of sp³-hybridized carbons (Fsp3) is 0.750. The average Bonchev–Trinajstić information content (AvgIpc) is 1.85. The van der Waals surface area contributed by atoms with Gasteiger partial charge in [0.25, 0.3) is 0 Å². The van der Waals surface area contributed by atoms with Crippen LogP contribution < -0.4 is 0 Å². The molecule has 0 aromatic heterocycles. The summed E-state index contributed by atoms with van der Waals surface area (Å²) in [6, 6.07) is 0. The molecule has 0 heterocycles. The number of hydrogen-bond acceptors (Lipinski definition) is 2. The van der Waals surface area contributed by atoms with Crippen LogP contribution in [-0.4, -0.2) is 36.2 Å². The molecule has 0 aromatic rings. The summed E-state index contributed by atoms with van der Waals surface area (Å²) in [5, 5.41) is 8.89. The molecule has 0 spiro atoms. The van der Waals surface area contributed by atoms with E-state index in [4.69, 9.17) is 11.5 Å². The zero-order chi connectivity index (χ0) is 7.98. The maximum atomic E-state index is 8.89. The standard InChI is InChI=1S/C8H15NO/c1-4-6-9(3)7-5-8(2)10/h1,8,10H,5-7H2,2-3H3. The molecule has 0 aliphatic carbocycles. The highest BCUT2D eigenvalue weighted by Crippen LogP contribution is 1.91. The van der Waals surface area contributed by atoms with Gasteiger partial charge in [-0.3, -0.25) is 4.90 Å². The molecule has 0 aliphatic rings. The van der Waals surface area contributed by atoms with E-state index in [0.717, 1.165) is 13.0 Å². The van der Waals surface area contributed by atoms with E-state index in [1.807, 2.05) is 11.9 Å². The first-order chi connectivity index (χ1) is 4.66. The quantitative estimate of drug-likeness (QED) is 0.570. The van der Waals surface area contributed by atoms with Gasteiger partial charge in [0.15, 0.2) is 0 Å². The van der Waals surface area contributed by atoms with Gasteiger partial charge in [-0.05, 0) is 20.4 Å². The molecule has 2 heteroatoms. The summed E-state index contributed by atoms with van der Waals surface area (Å²) in [6.07, 6.45) is 5.65. The first-order valence-electron chi connectivity index (χ1n) is 3.47. The van der Waals surface area contributed by atoms with Crippen molar-refractivity contribution in [3.05, 3.63) is 0 Å². The second kappa shape index (κ2) is 5.28. The minimum atomic E-state index is -0.222. The molecule has 0 amide bonds. The van der Waals surface area contributed by atoms with E-state index in [-0.39, 0.29) is 6.10 Å². The lowest BCUT2D eigenvalue weighted by atomic mass is 10.3. The maximum absolute atomic E-state index is 8.89. The third kappa shape index (κ3) is 5.61. The molecule has 58 valence electrons. The van der Waals surface area contributed by atoms with E-state index in [0.29, 0.717) is 6.54 Å². The van der Waals surface area contributed by atoms with Crippen LogP contribution in [0.2, 0.25) is 0 Å². The van der Waals surface area contributed by atoms with Crippen LogP contribution in [0.15, 0.2) is 0 Å². The topological polar surface area (TPSA) is 23.5 Å². The van der Waals surface area contributed by atoms with Crippen molar-refractivity contribution in [3.8, 4) is 12.3 Å². The summed E-state index contributed by atoms with van der Waals surface area (Å²) in [7, 11) is 1.95. The Morgan fingerprint density at radius 1 is 1.70 bits per heavy atom. The lowest BCUT2D eigenvalue weighted by Gasteiger charge is -2.13. The third-order valence-corrected chi connectivity index (χ3v) is 1.29. The molecule has 0 saturated carbocycles. The van der Waals surface area contributed by atoms with E-state index in [1.54, 1.807) is 6.92 Å². The Hall–Kier alpha value is -0.520. The van der Waals surface area contributed by atoms with E-state index >= 15 is 0 Å². The number of aliphatic hydroxyl groups excluding tert-OH is 1. The Morgan fingerprint density at radius 3 is 2.70 bits per heavy atom. The minimum Gasteiger partial charge on any atom is -0.393 e. The molecule has 1 atom stereocenters. The lowest BCUT2D eigenvalue weighted by Crippen LogP contribution is -2.22. The average molecular weight is 141 g/mol. The first kappa shape index (κ1) is 9.48. The largest absolute Gasteiger partial charge is 0.393 e. The Morgan fingerprint density at radius 2 is 2.30 bits per heavy atom. The van der Waals surface area contributed by atoms with Gasteiger partial charge in [0.05, 0.1) is 12.6 Å². The van der Waals surface area contributed by atoms with Crippen LogP contribution in [0.1, 0.15) is 13.3 Å². The molecular weight excluding hydrogens is 126 g/mol. The Labute approximate surface area is 62.8 Å². The summed E-state index contributed by atoms with van der Waals surface area (Å²) in [5.74, 6) is 2.54. The Bertz CT molecular complexity index is 115. The third-order valence-electron chi connectivity index (χ3n) is 1.29. The monoisotopic (exact) mass is 141 g/mol. The summed E-state index contributed by atoms with van der Waals surface area (Å²) in [4.78, 5) is 2.01. The number of terminal acetylenes is 1. The van der Waals surface area contributed by atoms with Crippen LogP contribution in [0.3, 0.4) is 0 Å². The van der Waals surface area contributed by atoms with Gasteiger partial charge in [-0.25, -0.2) is 0 Å². The van der Waals surface area contributed by atoms with Gasteiger partial charge in [0.1, 0.15) is 0 Å². The Kier molecular flexibility index (Phi) is 5.00. The molecule has 0 aliphatic heterocycles. The zero-order valence-corrected chi connectivity index (χ0v) is 6.67.